The maximum atomic E-state index is 13.4. The van der Waals surface area contributed by atoms with Crippen LogP contribution in [0.15, 0.2) is 16.6 Å². The molecule has 0 aliphatic carbocycles. The van der Waals surface area contributed by atoms with Crippen LogP contribution in [0, 0.1) is 11.6 Å². The Morgan fingerprint density at radius 1 is 1.22 bits per heavy atom. The van der Waals surface area contributed by atoms with Crippen molar-refractivity contribution < 1.29 is 27.4 Å². The molecule has 0 bridgehead atoms. The Labute approximate surface area is 110 Å². The number of halogens is 5. The summed E-state index contributed by atoms with van der Waals surface area (Å²) >= 11 is 2.80. The van der Waals surface area contributed by atoms with E-state index >= 15 is 0 Å². The van der Waals surface area contributed by atoms with E-state index in [-0.39, 0.29) is 23.1 Å². The molecule has 102 valence electrons. The molecule has 0 amide bonds. The molecule has 0 saturated carbocycles. The van der Waals surface area contributed by atoms with Crippen molar-refractivity contribution >= 4 is 15.9 Å². The summed E-state index contributed by atoms with van der Waals surface area (Å²) in [5.74, 6) is -1.48. The molecule has 0 saturated heterocycles. The van der Waals surface area contributed by atoms with Gasteiger partial charge >= 0.3 is 0 Å². The molecule has 1 rings (SSSR count). The van der Waals surface area contributed by atoms with Crippen molar-refractivity contribution in [1.29, 1.82) is 0 Å². The summed E-state index contributed by atoms with van der Waals surface area (Å²) in [5, 5.41) is 9.59. The lowest BCUT2D eigenvalue weighted by Crippen LogP contribution is -2.09. The van der Waals surface area contributed by atoms with Crippen molar-refractivity contribution in [3.8, 4) is 0 Å². The molecule has 0 aliphatic rings. The van der Waals surface area contributed by atoms with Crippen LogP contribution < -0.4 is 0 Å². The highest BCUT2D eigenvalue weighted by Crippen LogP contribution is 2.25. The fourth-order valence-corrected chi connectivity index (χ4v) is 1.63. The number of rotatable bonds is 6. The first-order valence-electron chi connectivity index (χ1n) is 5.10. The summed E-state index contributed by atoms with van der Waals surface area (Å²) in [5.41, 5.74) is -0.226. The standard InChI is InChI=1S/C11H11BrF4O2/c12-7-4-8(13)6(3-9(7)14)10(17)1-2-18-5-11(15)16/h3-4,10-11,17H,1-2,5H2. The summed E-state index contributed by atoms with van der Waals surface area (Å²) in [6.45, 7) is -0.910. The second-order valence-electron chi connectivity index (χ2n) is 3.56. The van der Waals surface area contributed by atoms with Crippen molar-refractivity contribution in [3.05, 3.63) is 33.8 Å². The molecule has 0 aromatic heterocycles. The highest BCUT2D eigenvalue weighted by molar-refractivity contribution is 9.10. The Balaban J connectivity index is 2.56. The maximum absolute atomic E-state index is 13.4. The second kappa shape index (κ2) is 7.06. The summed E-state index contributed by atoms with van der Waals surface area (Å²) in [7, 11) is 0. The molecule has 7 heteroatoms. The van der Waals surface area contributed by atoms with Gasteiger partial charge in [-0.1, -0.05) is 0 Å². The molecule has 0 aliphatic heterocycles. The zero-order valence-corrected chi connectivity index (χ0v) is 10.8. The molecule has 1 unspecified atom stereocenters. The average Bonchev–Trinajstić information content (AvgIpc) is 2.28. The molecule has 18 heavy (non-hydrogen) atoms. The smallest absolute Gasteiger partial charge is 0.261 e. The molecule has 1 atom stereocenters. The number of hydrogen-bond donors (Lipinski definition) is 1. The van der Waals surface area contributed by atoms with Crippen LogP contribution in [0.1, 0.15) is 18.1 Å². The quantitative estimate of drug-likeness (QED) is 0.492. The molecule has 0 radical (unpaired) electrons. The Morgan fingerprint density at radius 3 is 2.50 bits per heavy atom. The van der Waals surface area contributed by atoms with Gasteiger partial charge in [-0.05, 0) is 28.1 Å². The van der Waals surface area contributed by atoms with Gasteiger partial charge in [-0.3, -0.25) is 0 Å². The zero-order chi connectivity index (χ0) is 13.7. The highest BCUT2D eigenvalue weighted by atomic mass is 79.9. The van der Waals surface area contributed by atoms with Gasteiger partial charge in [0, 0.05) is 18.6 Å². The van der Waals surface area contributed by atoms with Gasteiger partial charge in [0.15, 0.2) is 0 Å². The third kappa shape index (κ3) is 4.55. The average molecular weight is 331 g/mol. The zero-order valence-electron chi connectivity index (χ0n) is 9.18. The van der Waals surface area contributed by atoms with Crippen molar-refractivity contribution in [2.75, 3.05) is 13.2 Å². The van der Waals surface area contributed by atoms with Crippen LogP contribution in [0.3, 0.4) is 0 Å². The maximum Gasteiger partial charge on any atom is 0.261 e. The van der Waals surface area contributed by atoms with Crippen molar-refractivity contribution in [2.24, 2.45) is 0 Å². The molecule has 1 N–H and O–H groups in total. The van der Waals surface area contributed by atoms with E-state index in [0.29, 0.717) is 0 Å². The SMILES string of the molecule is OC(CCOCC(F)F)c1cc(F)c(Br)cc1F. The van der Waals surface area contributed by atoms with E-state index in [0.717, 1.165) is 12.1 Å². The monoisotopic (exact) mass is 330 g/mol. The molecule has 2 nitrogen and oxygen atoms in total. The third-order valence-corrected chi connectivity index (χ3v) is 2.79. The highest BCUT2D eigenvalue weighted by Gasteiger charge is 2.16. The predicted molar refractivity (Wildman–Crippen MR) is 60.5 cm³/mol. The minimum Gasteiger partial charge on any atom is -0.388 e. The summed E-state index contributed by atoms with van der Waals surface area (Å²) in [6, 6.07) is 1.76. The lowest BCUT2D eigenvalue weighted by atomic mass is 10.1. The first-order chi connectivity index (χ1) is 8.41. The number of benzene rings is 1. The number of aliphatic hydroxyl groups is 1. The normalized spacial score (nSPS) is 13.1. The van der Waals surface area contributed by atoms with E-state index in [1.165, 1.54) is 0 Å². The van der Waals surface area contributed by atoms with E-state index in [1.54, 1.807) is 0 Å². The molecule has 0 fully saturated rings. The summed E-state index contributed by atoms with van der Waals surface area (Å²) in [4.78, 5) is 0. The largest absolute Gasteiger partial charge is 0.388 e. The summed E-state index contributed by atoms with van der Waals surface area (Å²) < 4.78 is 54.5. The van der Waals surface area contributed by atoms with Crippen LogP contribution in [-0.4, -0.2) is 24.7 Å². The van der Waals surface area contributed by atoms with Gasteiger partial charge in [0.25, 0.3) is 6.43 Å². The van der Waals surface area contributed by atoms with E-state index in [9.17, 15) is 22.7 Å². The third-order valence-electron chi connectivity index (χ3n) is 2.18. The fourth-order valence-electron chi connectivity index (χ4n) is 1.32. The van der Waals surface area contributed by atoms with Gasteiger partial charge < -0.3 is 9.84 Å². The van der Waals surface area contributed by atoms with Gasteiger partial charge in [0.2, 0.25) is 0 Å². The van der Waals surface area contributed by atoms with Crippen LogP contribution in [0.4, 0.5) is 17.6 Å². The molecule has 1 aromatic rings. The molecule has 1 aromatic carbocycles. The Morgan fingerprint density at radius 2 is 1.89 bits per heavy atom. The molecule has 0 heterocycles. The Hall–Kier alpha value is -0.660. The van der Waals surface area contributed by atoms with Crippen molar-refractivity contribution in [1.82, 2.24) is 0 Å². The van der Waals surface area contributed by atoms with Crippen molar-refractivity contribution in [2.45, 2.75) is 19.0 Å². The number of aliphatic hydroxyl groups excluding tert-OH is 1. The molecular formula is C11H11BrF4O2. The topological polar surface area (TPSA) is 29.5 Å². The Kier molecular flexibility index (Phi) is 6.04. The van der Waals surface area contributed by atoms with Crippen molar-refractivity contribution in [3.63, 3.8) is 0 Å². The van der Waals surface area contributed by atoms with Gasteiger partial charge in [-0.25, -0.2) is 17.6 Å². The van der Waals surface area contributed by atoms with Gasteiger partial charge in [-0.2, -0.15) is 0 Å². The summed E-state index contributed by atoms with van der Waals surface area (Å²) in [6.07, 6.45) is -3.99. The lowest BCUT2D eigenvalue weighted by molar-refractivity contribution is 0.00445. The minimum absolute atomic E-state index is 0.0510. The number of alkyl halides is 2. The second-order valence-corrected chi connectivity index (χ2v) is 4.41. The van der Waals surface area contributed by atoms with Crippen LogP contribution in [0.5, 0.6) is 0 Å². The molecule has 0 spiro atoms. The van der Waals surface area contributed by atoms with E-state index < -0.39 is 30.8 Å². The van der Waals surface area contributed by atoms with Crippen LogP contribution >= 0.6 is 15.9 Å². The molecular weight excluding hydrogens is 320 g/mol. The van der Waals surface area contributed by atoms with Crippen LogP contribution in [0.25, 0.3) is 0 Å². The van der Waals surface area contributed by atoms with E-state index in [2.05, 4.69) is 20.7 Å². The van der Waals surface area contributed by atoms with Gasteiger partial charge in [0.05, 0.1) is 10.6 Å². The first-order valence-corrected chi connectivity index (χ1v) is 5.89. The minimum atomic E-state index is -2.59. The number of ether oxygens (including phenoxy) is 1. The fraction of sp³-hybridized carbons (Fsp3) is 0.455. The van der Waals surface area contributed by atoms with Crippen LogP contribution in [-0.2, 0) is 4.74 Å². The van der Waals surface area contributed by atoms with Crippen LogP contribution in [0.2, 0.25) is 0 Å². The van der Waals surface area contributed by atoms with Gasteiger partial charge in [-0.15, -0.1) is 0 Å². The first kappa shape index (κ1) is 15.4. The Bertz CT molecular complexity index is 401. The number of hydrogen-bond acceptors (Lipinski definition) is 2. The van der Waals surface area contributed by atoms with E-state index in [4.69, 9.17) is 0 Å². The van der Waals surface area contributed by atoms with E-state index in [1.807, 2.05) is 0 Å². The lowest BCUT2D eigenvalue weighted by Gasteiger charge is -2.12. The van der Waals surface area contributed by atoms with Gasteiger partial charge in [0.1, 0.15) is 18.2 Å². The predicted octanol–water partition coefficient (Wildman–Crippen LogP) is 3.43.